The highest BCUT2D eigenvalue weighted by Gasteiger charge is 2.35. The Balaban J connectivity index is 1.68. The van der Waals surface area contributed by atoms with Crippen LogP contribution in [0, 0.1) is 11.8 Å². The largest absolute Gasteiger partial charge is 0.492 e. The van der Waals surface area contributed by atoms with Crippen LogP contribution in [-0.2, 0) is 9.59 Å². The number of carbonyl (C=O) groups excluding carboxylic acids is 1. The van der Waals surface area contributed by atoms with E-state index in [1.165, 1.54) is 0 Å². The van der Waals surface area contributed by atoms with Gasteiger partial charge in [-0.2, -0.15) is 0 Å². The third-order valence-corrected chi connectivity index (χ3v) is 4.30. The Morgan fingerprint density at radius 1 is 1.29 bits per heavy atom. The smallest absolute Gasteiger partial charge is 0.303 e. The number of amides is 1. The fraction of sp³-hybridized carbons (Fsp3) is 0.389. The molecule has 0 atom stereocenters. The molecule has 0 aliphatic heterocycles. The number of pyridine rings is 1. The predicted molar refractivity (Wildman–Crippen MR) is 90.0 cm³/mol. The van der Waals surface area contributed by atoms with E-state index >= 15 is 0 Å². The molecule has 1 fully saturated rings. The van der Waals surface area contributed by atoms with Gasteiger partial charge in [0.05, 0.1) is 6.61 Å². The highest BCUT2D eigenvalue weighted by molar-refractivity contribution is 5.94. The standard InChI is InChI=1S/C18H20N2O4/c1-2-24-14-5-3-4-12-6-7-15(19-17(12)14)20-18(23)13-8-11(9-13)10-16(21)22/h3-7,11,13H,2,8-10H2,1H3,(H,21,22)(H,19,20,23). The Bertz CT molecular complexity index is 769. The number of para-hydroxylation sites is 1. The van der Waals surface area contributed by atoms with E-state index in [1.807, 2.05) is 31.2 Å². The van der Waals surface area contributed by atoms with Crippen molar-refractivity contribution in [2.45, 2.75) is 26.2 Å². The van der Waals surface area contributed by atoms with E-state index < -0.39 is 5.97 Å². The zero-order valence-electron chi connectivity index (χ0n) is 13.5. The van der Waals surface area contributed by atoms with Gasteiger partial charge in [0, 0.05) is 17.7 Å². The number of nitrogens with zero attached hydrogens (tertiary/aromatic N) is 1. The fourth-order valence-electron chi connectivity index (χ4n) is 3.05. The normalized spacial score (nSPS) is 19.5. The van der Waals surface area contributed by atoms with Gasteiger partial charge < -0.3 is 15.2 Å². The van der Waals surface area contributed by atoms with Crippen LogP contribution < -0.4 is 10.1 Å². The van der Waals surface area contributed by atoms with Crippen molar-refractivity contribution in [2.24, 2.45) is 11.8 Å². The number of aliphatic carboxylic acids is 1. The Morgan fingerprint density at radius 3 is 2.79 bits per heavy atom. The predicted octanol–water partition coefficient (Wildman–Crippen LogP) is 3.07. The number of nitrogens with one attached hydrogen (secondary N) is 1. The molecule has 0 spiro atoms. The molecule has 3 rings (SSSR count). The molecule has 0 saturated heterocycles. The number of hydrogen-bond donors (Lipinski definition) is 2. The van der Waals surface area contributed by atoms with Gasteiger partial charge in [-0.05, 0) is 43.9 Å². The van der Waals surface area contributed by atoms with Crippen molar-refractivity contribution in [2.75, 3.05) is 11.9 Å². The molecule has 0 radical (unpaired) electrons. The molecule has 1 aromatic heterocycles. The van der Waals surface area contributed by atoms with Crippen LogP contribution in [0.25, 0.3) is 10.9 Å². The average Bonchev–Trinajstić information content (AvgIpc) is 2.51. The summed E-state index contributed by atoms with van der Waals surface area (Å²) in [5.74, 6) is 0.245. The first-order valence-corrected chi connectivity index (χ1v) is 8.12. The van der Waals surface area contributed by atoms with Crippen LogP contribution in [0.3, 0.4) is 0 Å². The first-order chi connectivity index (χ1) is 11.6. The zero-order valence-corrected chi connectivity index (χ0v) is 13.5. The van der Waals surface area contributed by atoms with Gasteiger partial charge in [0.15, 0.2) is 0 Å². The lowest BCUT2D eigenvalue weighted by Gasteiger charge is -2.33. The Labute approximate surface area is 139 Å². The third kappa shape index (κ3) is 3.48. The molecule has 24 heavy (non-hydrogen) atoms. The number of carboxylic acids is 1. The van der Waals surface area contributed by atoms with Crippen LogP contribution in [0.2, 0.25) is 0 Å². The topological polar surface area (TPSA) is 88.5 Å². The van der Waals surface area contributed by atoms with Crippen molar-refractivity contribution >= 4 is 28.6 Å². The van der Waals surface area contributed by atoms with Gasteiger partial charge in [0.1, 0.15) is 17.1 Å². The molecule has 2 N–H and O–H groups in total. The van der Waals surface area contributed by atoms with Crippen LogP contribution in [0.1, 0.15) is 26.2 Å². The van der Waals surface area contributed by atoms with Crippen molar-refractivity contribution in [3.63, 3.8) is 0 Å². The molecule has 2 aromatic rings. The second-order valence-electron chi connectivity index (χ2n) is 6.08. The van der Waals surface area contributed by atoms with Gasteiger partial charge >= 0.3 is 5.97 Å². The van der Waals surface area contributed by atoms with Crippen LogP contribution in [0.5, 0.6) is 5.75 Å². The van der Waals surface area contributed by atoms with E-state index in [-0.39, 0.29) is 24.2 Å². The van der Waals surface area contributed by atoms with E-state index in [0.29, 0.717) is 31.0 Å². The maximum atomic E-state index is 12.2. The summed E-state index contributed by atoms with van der Waals surface area (Å²) in [5, 5.41) is 12.5. The summed E-state index contributed by atoms with van der Waals surface area (Å²) in [4.78, 5) is 27.4. The minimum atomic E-state index is -0.807. The summed E-state index contributed by atoms with van der Waals surface area (Å²) in [6.45, 7) is 2.46. The van der Waals surface area contributed by atoms with Crippen LogP contribution in [0.15, 0.2) is 30.3 Å². The number of benzene rings is 1. The van der Waals surface area contributed by atoms with Crippen molar-refractivity contribution in [1.82, 2.24) is 4.98 Å². The second-order valence-corrected chi connectivity index (χ2v) is 6.08. The van der Waals surface area contributed by atoms with Gasteiger partial charge in [-0.1, -0.05) is 12.1 Å². The molecule has 1 aliphatic carbocycles. The van der Waals surface area contributed by atoms with E-state index in [4.69, 9.17) is 9.84 Å². The molecular formula is C18H20N2O4. The molecule has 1 heterocycles. The summed E-state index contributed by atoms with van der Waals surface area (Å²) in [7, 11) is 0. The zero-order chi connectivity index (χ0) is 17.1. The maximum Gasteiger partial charge on any atom is 0.303 e. The first-order valence-electron chi connectivity index (χ1n) is 8.12. The Morgan fingerprint density at radius 2 is 2.08 bits per heavy atom. The monoisotopic (exact) mass is 328 g/mol. The molecule has 1 aromatic carbocycles. The van der Waals surface area contributed by atoms with Crippen molar-refractivity contribution in [3.05, 3.63) is 30.3 Å². The minimum absolute atomic E-state index is 0.0996. The molecule has 6 heteroatoms. The number of carbonyl (C=O) groups is 2. The molecule has 126 valence electrons. The summed E-state index contributed by atoms with van der Waals surface area (Å²) >= 11 is 0. The lowest BCUT2D eigenvalue weighted by atomic mass is 9.73. The summed E-state index contributed by atoms with van der Waals surface area (Å²) in [5.41, 5.74) is 0.717. The number of ether oxygens (including phenoxy) is 1. The molecule has 0 unspecified atom stereocenters. The summed E-state index contributed by atoms with van der Waals surface area (Å²) < 4.78 is 5.58. The highest BCUT2D eigenvalue weighted by atomic mass is 16.5. The maximum absolute atomic E-state index is 12.2. The number of rotatable bonds is 6. The van der Waals surface area contributed by atoms with Crippen molar-refractivity contribution in [1.29, 1.82) is 0 Å². The number of aromatic nitrogens is 1. The Hall–Kier alpha value is -2.63. The number of anilines is 1. The first kappa shape index (κ1) is 16.2. The van der Waals surface area contributed by atoms with Gasteiger partial charge in [-0.3, -0.25) is 9.59 Å². The second kappa shape index (κ2) is 6.86. The summed E-state index contributed by atoms with van der Waals surface area (Å²) in [6.07, 6.45) is 1.38. The molecular weight excluding hydrogens is 308 g/mol. The van der Waals surface area contributed by atoms with Crippen molar-refractivity contribution in [3.8, 4) is 5.75 Å². The number of carboxylic acid groups (broad SMARTS) is 1. The fourth-order valence-corrected chi connectivity index (χ4v) is 3.05. The van der Waals surface area contributed by atoms with Crippen LogP contribution >= 0.6 is 0 Å². The Kier molecular flexibility index (Phi) is 4.64. The molecule has 1 saturated carbocycles. The van der Waals surface area contributed by atoms with Gasteiger partial charge in [-0.15, -0.1) is 0 Å². The van der Waals surface area contributed by atoms with Crippen molar-refractivity contribution < 1.29 is 19.4 Å². The van der Waals surface area contributed by atoms with Gasteiger partial charge in [0.25, 0.3) is 0 Å². The number of hydrogen-bond acceptors (Lipinski definition) is 4. The molecule has 1 amide bonds. The number of fused-ring (bicyclic) bond motifs is 1. The average molecular weight is 328 g/mol. The third-order valence-electron chi connectivity index (χ3n) is 4.30. The quantitative estimate of drug-likeness (QED) is 0.851. The van der Waals surface area contributed by atoms with E-state index in [2.05, 4.69) is 10.3 Å². The van der Waals surface area contributed by atoms with Gasteiger partial charge in [0.2, 0.25) is 5.91 Å². The molecule has 0 bridgehead atoms. The van der Waals surface area contributed by atoms with Gasteiger partial charge in [-0.25, -0.2) is 4.98 Å². The van der Waals surface area contributed by atoms with E-state index in [9.17, 15) is 9.59 Å². The summed E-state index contributed by atoms with van der Waals surface area (Å²) in [6, 6.07) is 9.37. The highest BCUT2D eigenvalue weighted by Crippen LogP contribution is 2.36. The van der Waals surface area contributed by atoms with Crippen LogP contribution in [-0.4, -0.2) is 28.6 Å². The minimum Gasteiger partial charge on any atom is -0.492 e. The molecule has 1 aliphatic rings. The lowest BCUT2D eigenvalue weighted by Crippen LogP contribution is -2.35. The lowest BCUT2D eigenvalue weighted by molar-refractivity contribution is -0.140. The van der Waals surface area contributed by atoms with E-state index in [1.54, 1.807) is 6.07 Å². The van der Waals surface area contributed by atoms with Crippen LogP contribution in [0.4, 0.5) is 5.82 Å². The van der Waals surface area contributed by atoms with E-state index in [0.717, 1.165) is 10.9 Å². The molecule has 6 nitrogen and oxygen atoms in total. The SMILES string of the molecule is CCOc1cccc2ccc(NC(=O)C3CC(CC(=O)O)C3)nc12.